The van der Waals surface area contributed by atoms with Gasteiger partial charge in [0.05, 0.1) is 28.3 Å². The summed E-state index contributed by atoms with van der Waals surface area (Å²) < 4.78 is 5.82. The van der Waals surface area contributed by atoms with E-state index in [1.165, 1.54) is 11.3 Å². The van der Waals surface area contributed by atoms with Gasteiger partial charge in [-0.25, -0.2) is 9.78 Å². The fraction of sp³-hybridized carbons (Fsp3) is 0.333. The number of nitrogens with one attached hydrogen (secondary N) is 1. The van der Waals surface area contributed by atoms with Gasteiger partial charge >= 0.3 is 5.97 Å². The van der Waals surface area contributed by atoms with Crippen molar-refractivity contribution >= 4 is 50.2 Å². The number of anilines is 2. The molecule has 1 fully saturated rings. The molecule has 7 nitrogen and oxygen atoms in total. The van der Waals surface area contributed by atoms with Crippen LogP contribution in [0.15, 0.2) is 36.4 Å². The van der Waals surface area contributed by atoms with E-state index in [0.29, 0.717) is 29.4 Å². The molecule has 0 bridgehead atoms. The summed E-state index contributed by atoms with van der Waals surface area (Å²) in [4.78, 5) is 43.8. The fourth-order valence-electron chi connectivity index (χ4n) is 4.02. The number of hydrogen-bond acceptors (Lipinski definition) is 6. The molecule has 32 heavy (non-hydrogen) atoms. The molecule has 166 valence electrons. The molecular weight excluding hydrogens is 426 g/mol. The molecule has 1 unspecified atom stereocenters. The van der Waals surface area contributed by atoms with Gasteiger partial charge in [-0.05, 0) is 49.6 Å². The molecule has 1 atom stereocenters. The molecule has 1 aliphatic rings. The van der Waals surface area contributed by atoms with Crippen molar-refractivity contribution in [3.63, 3.8) is 0 Å². The number of thiazole rings is 1. The van der Waals surface area contributed by atoms with Crippen LogP contribution in [0.4, 0.5) is 10.8 Å². The van der Waals surface area contributed by atoms with Gasteiger partial charge < -0.3 is 15.0 Å². The minimum absolute atomic E-state index is 0.0440. The standard InChI is InChI=1S/C24H25N3O4S/c1-4-15-8-6-7-14(3)21(15)27-13-17(12-20(27)28)22(29)26-24-25-18-10-9-16(11-19(18)32-24)23(30)31-5-2/h6-11,17H,4-5,12-13H2,1-3H3,(H,25,26,29). The van der Waals surface area contributed by atoms with Crippen LogP contribution in [0.25, 0.3) is 10.2 Å². The van der Waals surface area contributed by atoms with E-state index < -0.39 is 5.92 Å². The fourth-order valence-corrected chi connectivity index (χ4v) is 4.93. The molecule has 0 radical (unpaired) electrons. The molecule has 2 heterocycles. The van der Waals surface area contributed by atoms with E-state index in [1.807, 2.05) is 25.1 Å². The molecule has 2 amide bonds. The monoisotopic (exact) mass is 451 g/mol. The predicted molar refractivity (Wildman–Crippen MR) is 125 cm³/mol. The smallest absolute Gasteiger partial charge is 0.338 e. The number of benzene rings is 2. The summed E-state index contributed by atoms with van der Waals surface area (Å²) in [6.07, 6.45) is 0.984. The number of hydrogen-bond donors (Lipinski definition) is 1. The molecule has 3 aromatic rings. The second-order valence-corrected chi connectivity index (χ2v) is 8.78. The maximum absolute atomic E-state index is 12.9. The van der Waals surface area contributed by atoms with Crippen LogP contribution in [0, 0.1) is 12.8 Å². The van der Waals surface area contributed by atoms with Crippen LogP contribution in [0.1, 0.15) is 41.8 Å². The van der Waals surface area contributed by atoms with Gasteiger partial charge in [0.25, 0.3) is 0 Å². The molecule has 0 spiro atoms. The van der Waals surface area contributed by atoms with E-state index in [0.717, 1.165) is 27.9 Å². The van der Waals surface area contributed by atoms with Gasteiger partial charge in [-0.3, -0.25) is 9.59 Å². The number of carbonyl (C=O) groups is 3. The van der Waals surface area contributed by atoms with Crippen molar-refractivity contribution in [1.82, 2.24) is 4.98 Å². The van der Waals surface area contributed by atoms with E-state index in [-0.39, 0.29) is 24.2 Å². The highest BCUT2D eigenvalue weighted by Crippen LogP contribution is 2.33. The van der Waals surface area contributed by atoms with Crippen molar-refractivity contribution in [1.29, 1.82) is 0 Å². The van der Waals surface area contributed by atoms with Gasteiger partial charge in [-0.15, -0.1) is 0 Å². The Bertz CT molecular complexity index is 1200. The Morgan fingerprint density at radius 1 is 1.25 bits per heavy atom. The lowest BCUT2D eigenvalue weighted by molar-refractivity contribution is -0.122. The number of aryl methyl sites for hydroxylation is 2. The first kappa shape index (κ1) is 22.0. The van der Waals surface area contributed by atoms with Crippen molar-refractivity contribution in [3.8, 4) is 0 Å². The Morgan fingerprint density at radius 3 is 2.81 bits per heavy atom. The van der Waals surface area contributed by atoms with Crippen molar-refractivity contribution in [3.05, 3.63) is 53.1 Å². The normalized spacial score (nSPS) is 15.9. The highest BCUT2D eigenvalue weighted by molar-refractivity contribution is 7.22. The van der Waals surface area contributed by atoms with Gasteiger partial charge in [0.1, 0.15) is 0 Å². The number of carbonyl (C=O) groups excluding carboxylic acids is 3. The molecule has 1 aliphatic heterocycles. The largest absolute Gasteiger partial charge is 0.462 e. The Labute approximate surface area is 190 Å². The molecular formula is C24H25N3O4S. The number of aromatic nitrogens is 1. The molecule has 2 aromatic carbocycles. The summed E-state index contributed by atoms with van der Waals surface area (Å²) in [5.74, 6) is -1.11. The first-order valence-electron chi connectivity index (χ1n) is 10.7. The molecule has 1 N–H and O–H groups in total. The first-order valence-corrected chi connectivity index (χ1v) is 11.5. The van der Waals surface area contributed by atoms with Gasteiger partial charge in [-0.2, -0.15) is 0 Å². The number of amides is 2. The lowest BCUT2D eigenvalue weighted by Crippen LogP contribution is -2.29. The third-order valence-corrected chi connectivity index (χ3v) is 6.53. The number of fused-ring (bicyclic) bond motifs is 1. The summed E-state index contributed by atoms with van der Waals surface area (Å²) in [5, 5.41) is 3.30. The number of ether oxygens (including phenoxy) is 1. The van der Waals surface area contributed by atoms with Gasteiger partial charge in [-0.1, -0.05) is 36.5 Å². The average Bonchev–Trinajstić information content (AvgIpc) is 3.35. The van der Waals surface area contributed by atoms with Crippen molar-refractivity contribution in [2.24, 2.45) is 5.92 Å². The van der Waals surface area contributed by atoms with E-state index in [9.17, 15) is 14.4 Å². The third-order valence-electron chi connectivity index (χ3n) is 5.60. The van der Waals surface area contributed by atoms with E-state index in [1.54, 1.807) is 30.0 Å². The van der Waals surface area contributed by atoms with Crippen molar-refractivity contribution in [2.75, 3.05) is 23.4 Å². The minimum atomic E-state index is -0.450. The zero-order valence-electron chi connectivity index (χ0n) is 18.3. The van der Waals surface area contributed by atoms with E-state index in [4.69, 9.17) is 4.74 Å². The number of rotatable bonds is 6. The van der Waals surface area contributed by atoms with Crippen molar-refractivity contribution < 1.29 is 19.1 Å². The summed E-state index contributed by atoms with van der Waals surface area (Å²) in [6.45, 7) is 6.46. The van der Waals surface area contributed by atoms with Crippen LogP contribution >= 0.6 is 11.3 Å². The number of para-hydroxylation sites is 1. The second kappa shape index (κ2) is 9.08. The Hall–Kier alpha value is -3.26. The summed E-state index contributed by atoms with van der Waals surface area (Å²) in [6, 6.07) is 11.1. The van der Waals surface area contributed by atoms with Gasteiger partial charge in [0.2, 0.25) is 11.8 Å². The molecule has 1 saturated heterocycles. The topological polar surface area (TPSA) is 88.6 Å². The Morgan fingerprint density at radius 2 is 2.06 bits per heavy atom. The third kappa shape index (κ3) is 4.23. The van der Waals surface area contributed by atoms with Crippen LogP contribution in [-0.2, 0) is 20.7 Å². The SMILES string of the molecule is CCOC(=O)c1ccc2nc(NC(=O)C3CC(=O)N(c4c(C)cccc4CC)C3)sc2c1. The molecule has 0 saturated carbocycles. The maximum Gasteiger partial charge on any atom is 0.338 e. The van der Waals surface area contributed by atoms with Gasteiger partial charge in [0.15, 0.2) is 5.13 Å². The highest BCUT2D eigenvalue weighted by atomic mass is 32.1. The Kier molecular flexibility index (Phi) is 6.23. The quantitative estimate of drug-likeness (QED) is 0.564. The van der Waals surface area contributed by atoms with Crippen LogP contribution in [0.2, 0.25) is 0 Å². The first-order chi connectivity index (χ1) is 15.4. The van der Waals surface area contributed by atoms with Crippen LogP contribution in [-0.4, -0.2) is 35.9 Å². The maximum atomic E-state index is 12.9. The molecule has 8 heteroatoms. The molecule has 0 aliphatic carbocycles. The molecule has 1 aromatic heterocycles. The summed E-state index contributed by atoms with van der Waals surface area (Å²) >= 11 is 1.29. The zero-order chi connectivity index (χ0) is 22.8. The van der Waals surface area contributed by atoms with Crippen LogP contribution in [0.5, 0.6) is 0 Å². The number of nitrogens with zero attached hydrogens (tertiary/aromatic N) is 2. The van der Waals surface area contributed by atoms with E-state index >= 15 is 0 Å². The zero-order valence-corrected chi connectivity index (χ0v) is 19.1. The molecule has 4 rings (SSSR count). The van der Waals surface area contributed by atoms with Gasteiger partial charge in [0, 0.05) is 18.7 Å². The lowest BCUT2D eigenvalue weighted by Gasteiger charge is -2.22. The second-order valence-electron chi connectivity index (χ2n) is 7.75. The predicted octanol–water partition coefficient (Wildman–Crippen LogP) is 4.34. The Balaban J connectivity index is 1.49. The van der Waals surface area contributed by atoms with Crippen LogP contribution in [0.3, 0.4) is 0 Å². The lowest BCUT2D eigenvalue weighted by atomic mass is 10.0. The van der Waals surface area contributed by atoms with Crippen LogP contribution < -0.4 is 10.2 Å². The van der Waals surface area contributed by atoms with Crippen molar-refractivity contribution in [2.45, 2.75) is 33.6 Å². The van der Waals surface area contributed by atoms with E-state index in [2.05, 4.69) is 17.2 Å². The minimum Gasteiger partial charge on any atom is -0.462 e. The number of esters is 1. The summed E-state index contributed by atoms with van der Waals surface area (Å²) in [7, 11) is 0. The highest BCUT2D eigenvalue weighted by Gasteiger charge is 2.36. The average molecular weight is 452 g/mol. The summed E-state index contributed by atoms with van der Waals surface area (Å²) in [5.41, 5.74) is 4.19.